The molecular formula is C11H24ClNO2S. The third-order valence-electron chi connectivity index (χ3n) is 2.38. The lowest BCUT2D eigenvalue weighted by molar-refractivity contribution is 0.408. The molecule has 0 unspecified atom stereocenters. The van der Waals surface area contributed by atoms with Crippen molar-refractivity contribution in [3.63, 3.8) is 0 Å². The van der Waals surface area contributed by atoms with E-state index in [0.717, 1.165) is 32.1 Å². The Hall–Kier alpha value is 0.200. The molecule has 0 heterocycles. The summed E-state index contributed by atoms with van der Waals surface area (Å²) in [7, 11) is -3.04. The van der Waals surface area contributed by atoms with Gasteiger partial charge in [0.25, 0.3) is 0 Å². The van der Waals surface area contributed by atoms with Crippen LogP contribution < -0.4 is 0 Å². The molecule has 0 aromatic heterocycles. The normalized spacial score (nSPS) is 12.2. The first-order valence-corrected chi connectivity index (χ1v) is 8.26. The zero-order valence-corrected chi connectivity index (χ0v) is 12.0. The van der Waals surface area contributed by atoms with Crippen LogP contribution in [0.2, 0.25) is 0 Å². The number of sulfonamides is 1. The van der Waals surface area contributed by atoms with Crippen molar-refractivity contribution in [2.45, 2.75) is 46.0 Å². The first-order valence-electron chi connectivity index (χ1n) is 6.12. The largest absolute Gasteiger partial charge is 0.214 e. The Labute approximate surface area is 105 Å². The fraction of sp³-hybridized carbons (Fsp3) is 1.00. The second kappa shape index (κ2) is 9.25. The molecule has 0 N–H and O–H groups in total. The average Bonchev–Trinajstić information content (AvgIpc) is 2.24. The molecule has 98 valence electrons. The zero-order chi connectivity index (χ0) is 12.4. The molecule has 0 bridgehead atoms. The van der Waals surface area contributed by atoms with Gasteiger partial charge in [-0.15, -0.1) is 11.6 Å². The van der Waals surface area contributed by atoms with Gasteiger partial charge in [0.2, 0.25) is 10.0 Å². The van der Waals surface area contributed by atoms with E-state index in [1.165, 1.54) is 0 Å². The maximum Gasteiger partial charge on any atom is 0.214 e. The Morgan fingerprint density at radius 3 is 2.00 bits per heavy atom. The van der Waals surface area contributed by atoms with Gasteiger partial charge in [0.05, 0.1) is 5.75 Å². The van der Waals surface area contributed by atoms with Crippen LogP contribution in [0.5, 0.6) is 0 Å². The number of hydrogen-bond acceptors (Lipinski definition) is 2. The Kier molecular flexibility index (Phi) is 9.37. The molecule has 0 aliphatic rings. The van der Waals surface area contributed by atoms with E-state index in [4.69, 9.17) is 11.6 Å². The number of hydrogen-bond donors (Lipinski definition) is 0. The van der Waals surface area contributed by atoms with E-state index in [9.17, 15) is 8.42 Å². The lowest BCUT2D eigenvalue weighted by atomic mass is 10.3. The van der Waals surface area contributed by atoms with Crippen LogP contribution in [-0.4, -0.2) is 37.4 Å². The molecule has 0 spiro atoms. The van der Waals surface area contributed by atoms with E-state index >= 15 is 0 Å². The van der Waals surface area contributed by atoms with E-state index < -0.39 is 10.0 Å². The highest BCUT2D eigenvalue weighted by molar-refractivity contribution is 7.89. The molecule has 3 nitrogen and oxygen atoms in total. The molecule has 0 aliphatic carbocycles. The van der Waals surface area contributed by atoms with Gasteiger partial charge in [-0.1, -0.05) is 20.3 Å². The van der Waals surface area contributed by atoms with Crippen molar-refractivity contribution >= 4 is 21.6 Å². The summed E-state index contributed by atoms with van der Waals surface area (Å²) in [6, 6.07) is 0. The molecule has 0 aromatic rings. The van der Waals surface area contributed by atoms with Crippen LogP contribution >= 0.6 is 11.6 Å². The van der Waals surface area contributed by atoms with Gasteiger partial charge in [-0.05, 0) is 25.7 Å². The van der Waals surface area contributed by atoms with Crippen LogP contribution in [0.25, 0.3) is 0 Å². The quantitative estimate of drug-likeness (QED) is 0.452. The molecule has 0 radical (unpaired) electrons. The summed E-state index contributed by atoms with van der Waals surface area (Å²) in [5.41, 5.74) is 0. The van der Waals surface area contributed by atoms with Crippen molar-refractivity contribution in [1.82, 2.24) is 4.31 Å². The van der Waals surface area contributed by atoms with Crippen LogP contribution in [0.3, 0.4) is 0 Å². The number of unbranched alkanes of at least 4 members (excludes halogenated alkanes) is 2. The highest BCUT2D eigenvalue weighted by atomic mass is 35.5. The predicted octanol–water partition coefficient (Wildman–Crippen LogP) is 2.85. The minimum atomic E-state index is -3.04. The van der Waals surface area contributed by atoms with Crippen molar-refractivity contribution in [3.8, 4) is 0 Å². The monoisotopic (exact) mass is 269 g/mol. The Morgan fingerprint density at radius 1 is 1.00 bits per heavy atom. The summed E-state index contributed by atoms with van der Waals surface area (Å²) in [5, 5.41) is 0. The van der Waals surface area contributed by atoms with Gasteiger partial charge in [-0.2, -0.15) is 0 Å². The highest BCUT2D eigenvalue weighted by Gasteiger charge is 2.19. The average molecular weight is 270 g/mol. The van der Waals surface area contributed by atoms with Crippen LogP contribution in [-0.2, 0) is 10.0 Å². The van der Waals surface area contributed by atoms with Crippen molar-refractivity contribution in [2.24, 2.45) is 0 Å². The van der Waals surface area contributed by atoms with Crippen molar-refractivity contribution in [1.29, 1.82) is 0 Å². The van der Waals surface area contributed by atoms with Gasteiger partial charge < -0.3 is 0 Å². The molecule has 0 fully saturated rings. The van der Waals surface area contributed by atoms with E-state index in [1.807, 2.05) is 13.8 Å². The lowest BCUT2D eigenvalue weighted by Crippen LogP contribution is -2.34. The fourth-order valence-electron chi connectivity index (χ4n) is 1.57. The molecule has 0 amide bonds. The summed E-state index contributed by atoms with van der Waals surface area (Å²) < 4.78 is 25.6. The summed E-state index contributed by atoms with van der Waals surface area (Å²) >= 11 is 5.55. The summed E-state index contributed by atoms with van der Waals surface area (Å²) in [4.78, 5) is 0. The van der Waals surface area contributed by atoms with Gasteiger partial charge in [0.15, 0.2) is 0 Å². The number of alkyl halides is 1. The minimum absolute atomic E-state index is 0.268. The Morgan fingerprint density at radius 2 is 1.56 bits per heavy atom. The number of nitrogens with zero attached hydrogens (tertiary/aromatic N) is 1. The van der Waals surface area contributed by atoms with Gasteiger partial charge >= 0.3 is 0 Å². The second-order valence-electron chi connectivity index (χ2n) is 3.96. The zero-order valence-electron chi connectivity index (χ0n) is 10.4. The smallest absolute Gasteiger partial charge is 0.212 e. The first-order chi connectivity index (χ1) is 7.58. The standard InChI is InChI=1S/C11H24ClNO2S/c1-3-9-13(10-4-2)16(14,15)11-7-5-6-8-12/h3-11H2,1-2H3. The molecule has 0 aliphatic heterocycles. The van der Waals surface area contributed by atoms with Crippen LogP contribution in [0.4, 0.5) is 0 Å². The maximum absolute atomic E-state index is 12.0. The van der Waals surface area contributed by atoms with Crippen molar-refractivity contribution < 1.29 is 8.42 Å². The fourth-order valence-corrected chi connectivity index (χ4v) is 3.51. The Balaban J connectivity index is 4.13. The molecule has 0 saturated heterocycles. The van der Waals surface area contributed by atoms with E-state index in [-0.39, 0.29) is 5.75 Å². The Bertz CT molecular complexity index is 249. The van der Waals surface area contributed by atoms with Crippen LogP contribution in [0.15, 0.2) is 0 Å². The van der Waals surface area contributed by atoms with Crippen molar-refractivity contribution in [3.05, 3.63) is 0 Å². The third kappa shape index (κ3) is 6.71. The minimum Gasteiger partial charge on any atom is -0.212 e. The third-order valence-corrected chi connectivity index (χ3v) is 4.60. The molecule has 0 saturated carbocycles. The summed E-state index contributed by atoms with van der Waals surface area (Å²) in [5.74, 6) is 0.886. The van der Waals surface area contributed by atoms with E-state index in [1.54, 1.807) is 4.31 Å². The van der Waals surface area contributed by atoms with Gasteiger partial charge in [0.1, 0.15) is 0 Å². The molecule has 0 aromatic carbocycles. The molecule has 0 atom stereocenters. The van der Waals surface area contributed by atoms with Gasteiger partial charge in [-0.3, -0.25) is 0 Å². The van der Waals surface area contributed by atoms with Crippen LogP contribution in [0, 0.1) is 0 Å². The van der Waals surface area contributed by atoms with E-state index in [2.05, 4.69) is 0 Å². The summed E-state index contributed by atoms with van der Waals surface area (Å²) in [6.45, 7) is 5.30. The molecule has 16 heavy (non-hydrogen) atoms. The van der Waals surface area contributed by atoms with Crippen LogP contribution in [0.1, 0.15) is 46.0 Å². The lowest BCUT2D eigenvalue weighted by Gasteiger charge is -2.20. The SMILES string of the molecule is CCCN(CCC)S(=O)(=O)CCCCCCl. The number of halogens is 1. The van der Waals surface area contributed by atoms with E-state index in [0.29, 0.717) is 19.0 Å². The maximum atomic E-state index is 12.0. The van der Waals surface area contributed by atoms with Gasteiger partial charge in [-0.25, -0.2) is 12.7 Å². The molecular weight excluding hydrogens is 246 g/mol. The van der Waals surface area contributed by atoms with Gasteiger partial charge in [0, 0.05) is 19.0 Å². The van der Waals surface area contributed by atoms with Crippen molar-refractivity contribution in [2.75, 3.05) is 24.7 Å². The summed E-state index contributed by atoms with van der Waals surface area (Å²) in [6.07, 6.45) is 4.27. The molecule has 0 rings (SSSR count). The predicted molar refractivity (Wildman–Crippen MR) is 70.5 cm³/mol. The highest BCUT2D eigenvalue weighted by Crippen LogP contribution is 2.08. The second-order valence-corrected chi connectivity index (χ2v) is 6.43. The molecule has 5 heteroatoms. The first kappa shape index (κ1) is 16.2. The number of rotatable bonds is 10. The topological polar surface area (TPSA) is 37.4 Å².